The van der Waals surface area contributed by atoms with E-state index in [0.717, 1.165) is 6.20 Å². The Morgan fingerprint density at radius 2 is 1.73 bits per heavy atom. The van der Waals surface area contributed by atoms with Gasteiger partial charge in [0.1, 0.15) is 0 Å². The van der Waals surface area contributed by atoms with Gasteiger partial charge in [0.2, 0.25) is 11.1 Å². The first kappa shape index (κ1) is 25.7. The number of hydrogen-bond acceptors (Lipinski definition) is 7. The molecule has 0 unspecified atom stereocenters. The molecule has 1 amide bonds. The second kappa shape index (κ2) is 11.6. The van der Waals surface area contributed by atoms with E-state index < -0.39 is 17.3 Å². The van der Waals surface area contributed by atoms with Gasteiger partial charge < -0.3 is 14.6 Å². The first-order valence-corrected chi connectivity index (χ1v) is 11.6. The van der Waals surface area contributed by atoms with E-state index in [1.165, 1.54) is 12.3 Å². The van der Waals surface area contributed by atoms with Gasteiger partial charge in [0.15, 0.2) is 17.1 Å². The summed E-state index contributed by atoms with van der Waals surface area (Å²) in [5.74, 6) is -1.39. The number of hydrazone groups is 1. The molecule has 3 aromatic carbocycles. The average Bonchev–Trinajstić information content (AvgIpc) is 2.92. The van der Waals surface area contributed by atoms with Gasteiger partial charge in [-0.1, -0.05) is 60.7 Å². The van der Waals surface area contributed by atoms with Gasteiger partial charge >= 0.3 is 0 Å². The number of hydrogen-bond donors (Lipinski definition) is 2. The molecule has 0 aliphatic rings. The molecule has 4 aromatic rings. The van der Waals surface area contributed by atoms with Crippen molar-refractivity contribution in [3.63, 3.8) is 0 Å². The van der Waals surface area contributed by atoms with Crippen molar-refractivity contribution in [2.75, 3.05) is 6.61 Å². The first-order chi connectivity index (χ1) is 17.9. The molecule has 37 heavy (non-hydrogen) atoms. The normalized spacial score (nSPS) is 11.4. The van der Waals surface area contributed by atoms with Gasteiger partial charge in [0, 0.05) is 0 Å². The molecule has 0 saturated carbocycles. The Labute approximate surface area is 217 Å². The van der Waals surface area contributed by atoms with Crippen molar-refractivity contribution >= 4 is 23.7 Å². The first-order valence-electron chi connectivity index (χ1n) is 11.2. The fourth-order valence-corrected chi connectivity index (χ4v) is 3.62. The predicted octanol–water partition coefficient (Wildman–Crippen LogP) is 4.85. The number of carbonyl (C=O) groups excluding carboxylic acids is 1. The van der Waals surface area contributed by atoms with Crippen molar-refractivity contribution in [3.8, 4) is 17.4 Å². The van der Waals surface area contributed by atoms with E-state index in [2.05, 4.69) is 20.5 Å². The molecule has 2 N–H and O–H groups in total. The number of rotatable bonds is 9. The zero-order valence-electron chi connectivity index (χ0n) is 19.6. The van der Waals surface area contributed by atoms with Gasteiger partial charge in [0.05, 0.1) is 19.0 Å². The zero-order valence-corrected chi connectivity index (χ0v) is 20.4. The minimum atomic E-state index is -1.96. The van der Waals surface area contributed by atoms with Crippen molar-refractivity contribution in [2.24, 2.45) is 5.10 Å². The van der Waals surface area contributed by atoms with Crippen LogP contribution in [0.4, 0.5) is 4.39 Å². The fraction of sp³-hybridized carbons (Fsp3) is 0.111. The lowest BCUT2D eigenvalue weighted by Crippen LogP contribution is -2.43. The van der Waals surface area contributed by atoms with Gasteiger partial charge in [-0.05, 0) is 53.4 Å². The van der Waals surface area contributed by atoms with E-state index in [1.807, 2.05) is 0 Å². The Morgan fingerprint density at radius 3 is 2.35 bits per heavy atom. The average molecular weight is 521 g/mol. The topological polar surface area (TPSA) is 106 Å². The number of ether oxygens (including phenoxy) is 2. The quantitative estimate of drug-likeness (QED) is 0.186. The molecule has 0 radical (unpaired) electrons. The second-order valence-corrected chi connectivity index (χ2v) is 8.01. The number of benzene rings is 3. The molecule has 0 fully saturated rings. The summed E-state index contributed by atoms with van der Waals surface area (Å²) in [6.45, 7) is 2.09. The molecule has 10 heteroatoms. The highest BCUT2D eigenvalue weighted by Crippen LogP contribution is 2.33. The number of aliphatic hydroxyl groups is 1. The molecule has 0 spiro atoms. The lowest BCUT2D eigenvalue weighted by molar-refractivity contribution is -0.136. The van der Waals surface area contributed by atoms with Crippen molar-refractivity contribution in [3.05, 3.63) is 113 Å². The summed E-state index contributed by atoms with van der Waals surface area (Å²) in [6.07, 6.45) is 2.28. The Kier molecular flexibility index (Phi) is 8.07. The highest BCUT2D eigenvalue weighted by molar-refractivity contribution is 6.28. The summed E-state index contributed by atoms with van der Waals surface area (Å²) in [5, 5.41) is 15.3. The highest BCUT2D eigenvalue weighted by atomic mass is 35.5. The Bertz CT molecular complexity index is 1360. The van der Waals surface area contributed by atoms with Crippen LogP contribution < -0.4 is 14.9 Å². The summed E-state index contributed by atoms with van der Waals surface area (Å²) in [7, 11) is 0. The Morgan fingerprint density at radius 1 is 1.08 bits per heavy atom. The zero-order chi connectivity index (χ0) is 26.3. The van der Waals surface area contributed by atoms with Gasteiger partial charge in [-0.3, -0.25) is 4.79 Å². The Hall–Kier alpha value is -4.34. The number of amides is 1. The van der Waals surface area contributed by atoms with E-state index in [4.69, 9.17) is 21.1 Å². The fourth-order valence-electron chi connectivity index (χ4n) is 3.50. The maximum Gasteiger partial charge on any atom is 0.281 e. The molecular weight excluding hydrogens is 499 g/mol. The summed E-state index contributed by atoms with van der Waals surface area (Å²) in [4.78, 5) is 20.5. The number of nitrogens with one attached hydrogen (secondary N) is 1. The smallest absolute Gasteiger partial charge is 0.281 e. The van der Waals surface area contributed by atoms with Gasteiger partial charge in [-0.25, -0.2) is 10.4 Å². The minimum Gasteiger partial charge on any atom is -0.490 e. The number of nitrogens with zero attached hydrogens (tertiary/aromatic N) is 3. The molecule has 1 heterocycles. The van der Waals surface area contributed by atoms with Gasteiger partial charge in [-0.2, -0.15) is 14.5 Å². The molecule has 1 aromatic heterocycles. The van der Waals surface area contributed by atoms with E-state index in [0.29, 0.717) is 23.3 Å². The van der Waals surface area contributed by atoms with Crippen molar-refractivity contribution in [2.45, 2.75) is 12.5 Å². The third kappa shape index (κ3) is 5.91. The third-order valence-electron chi connectivity index (χ3n) is 5.25. The molecule has 4 rings (SSSR count). The van der Waals surface area contributed by atoms with Crippen LogP contribution in [0.25, 0.3) is 0 Å². The van der Waals surface area contributed by atoms with E-state index in [-0.39, 0.29) is 22.7 Å². The van der Waals surface area contributed by atoms with Crippen LogP contribution in [-0.2, 0) is 10.4 Å². The number of aromatic nitrogens is 2. The van der Waals surface area contributed by atoms with Gasteiger partial charge in [-0.15, -0.1) is 0 Å². The SMILES string of the molecule is CCOc1cc(/C=N\NC(=O)C(O)(c2ccccc2)c2ccccc2)ccc1Oc1nc(Cl)ncc1F. The summed E-state index contributed by atoms with van der Waals surface area (Å²) < 4.78 is 25.1. The number of halogens is 2. The maximum atomic E-state index is 14.0. The second-order valence-electron chi connectivity index (χ2n) is 7.67. The molecule has 0 aliphatic heterocycles. The molecule has 0 saturated heterocycles. The summed E-state index contributed by atoms with van der Waals surface area (Å²) in [6, 6.07) is 21.9. The summed E-state index contributed by atoms with van der Waals surface area (Å²) in [5.41, 5.74) is 1.79. The van der Waals surface area contributed by atoms with E-state index >= 15 is 0 Å². The molecular formula is C27H22ClFN4O4. The van der Waals surface area contributed by atoms with Crippen LogP contribution >= 0.6 is 11.6 Å². The summed E-state index contributed by atoms with van der Waals surface area (Å²) >= 11 is 5.73. The van der Waals surface area contributed by atoms with Crippen molar-refractivity contribution < 1.29 is 23.8 Å². The monoisotopic (exact) mass is 520 g/mol. The van der Waals surface area contributed by atoms with Crippen LogP contribution in [0, 0.1) is 5.82 Å². The van der Waals surface area contributed by atoms with Crippen LogP contribution in [0.3, 0.4) is 0 Å². The lowest BCUT2D eigenvalue weighted by atomic mass is 9.85. The predicted molar refractivity (Wildman–Crippen MR) is 136 cm³/mol. The third-order valence-corrected chi connectivity index (χ3v) is 5.43. The van der Waals surface area contributed by atoms with Crippen LogP contribution in [0.1, 0.15) is 23.6 Å². The Balaban J connectivity index is 1.55. The van der Waals surface area contributed by atoms with E-state index in [1.54, 1.807) is 79.7 Å². The maximum absolute atomic E-state index is 14.0. The standard InChI is InChI=1S/C27H22ClFN4O4/c1-2-36-23-15-18(13-14-22(23)37-24-21(29)17-30-26(28)32-24)16-31-33-25(34)27(35,19-9-5-3-6-10-19)20-11-7-4-8-12-20/h3-17,35H,2H2,1H3,(H,33,34)/b31-16-. The number of carbonyl (C=O) groups is 1. The van der Waals surface area contributed by atoms with Crippen molar-refractivity contribution in [1.82, 2.24) is 15.4 Å². The molecule has 188 valence electrons. The highest BCUT2D eigenvalue weighted by Gasteiger charge is 2.39. The van der Waals surface area contributed by atoms with Crippen LogP contribution in [0.15, 0.2) is 90.2 Å². The molecule has 0 bridgehead atoms. The molecule has 0 aliphatic carbocycles. The van der Waals surface area contributed by atoms with Gasteiger partial charge in [0.25, 0.3) is 11.8 Å². The largest absolute Gasteiger partial charge is 0.490 e. The molecule has 8 nitrogen and oxygen atoms in total. The van der Waals surface area contributed by atoms with Crippen LogP contribution in [-0.4, -0.2) is 33.8 Å². The molecule has 0 atom stereocenters. The van der Waals surface area contributed by atoms with Crippen molar-refractivity contribution in [1.29, 1.82) is 0 Å². The van der Waals surface area contributed by atoms with Crippen LogP contribution in [0.2, 0.25) is 5.28 Å². The van der Waals surface area contributed by atoms with E-state index in [9.17, 15) is 14.3 Å². The van der Waals surface area contributed by atoms with Crippen LogP contribution in [0.5, 0.6) is 17.4 Å². The minimum absolute atomic E-state index is 0.167. The lowest BCUT2D eigenvalue weighted by Gasteiger charge is -2.27.